The molecule has 1 rings (SSSR count). The third-order valence-electron chi connectivity index (χ3n) is 2.20. The third kappa shape index (κ3) is 2.02. The van der Waals surface area contributed by atoms with Crippen LogP contribution in [0.25, 0.3) is 0 Å². The zero-order valence-corrected chi connectivity index (χ0v) is 9.03. The van der Waals surface area contributed by atoms with Crippen molar-refractivity contribution in [1.29, 1.82) is 0 Å². The molecule has 1 saturated heterocycles. The van der Waals surface area contributed by atoms with Gasteiger partial charge in [0.05, 0.1) is 0 Å². The van der Waals surface area contributed by atoms with Crippen molar-refractivity contribution in [2.24, 2.45) is 5.18 Å². The quantitative estimate of drug-likeness (QED) is 0.609. The van der Waals surface area contributed by atoms with Gasteiger partial charge in [-0.25, -0.2) is 4.79 Å². The maximum Gasteiger partial charge on any atom is 0.412 e. The molecular formula is C9H16N2O3. The molecule has 0 saturated carbocycles. The highest BCUT2D eigenvalue weighted by atomic mass is 16.6. The van der Waals surface area contributed by atoms with E-state index in [1.165, 1.54) is 4.90 Å². The zero-order chi connectivity index (χ0) is 11.0. The lowest BCUT2D eigenvalue weighted by Gasteiger charge is -2.44. The molecule has 1 fully saturated rings. The van der Waals surface area contributed by atoms with Gasteiger partial charge in [-0.3, -0.25) is 4.90 Å². The Morgan fingerprint density at radius 2 is 2.07 bits per heavy atom. The van der Waals surface area contributed by atoms with E-state index in [0.717, 1.165) is 0 Å². The van der Waals surface area contributed by atoms with Crippen LogP contribution in [0.3, 0.4) is 0 Å². The molecule has 5 nitrogen and oxygen atoms in total. The third-order valence-corrected chi connectivity index (χ3v) is 2.20. The average molecular weight is 200 g/mol. The predicted octanol–water partition coefficient (Wildman–Crippen LogP) is 2.11. The molecule has 14 heavy (non-hydrogen) atoms. The summed E-state index contributed by atoms with van der Waals surface area (Å²) in [4.78, 5) is 23.4. The van der Waals surface area contributed by atoms with E-state index in [-0.39, 0.29) is 0 Å². The molecule has 80 valence electrons. The molecule has 0 aromatic heterocycles. The Morgan fingerprint density at radius 3 is 2.36 bits per heavy atom. The Hall–Kier alpha value is -1.13. The highest BCUT2D eigenvalue weighted by molar-refractivity contribution is 5.70. The second kappa shape index (κ2) is 3.22. The van der Waals surface area contributed by atoms with Gasteiger partial charge in [0.1, 0.15) is 5.60 Å². The van der Waals surface area contributed by atoms with Gasteiger partial charge in [-0.05, 0) is 32.9 Å². The monoisotopic (exact) mass is 200 g/mol. The number of carbonyl (C=O) groups excluding carboxylic acids is 1. The van der Waals surface area contributed by atoms with Crippen LogP contribution in [-0.4, -0.2) is 28.8 Å². The molecule has 1 heterocycles. The van der Waals surface area contributed by atoms with Crippen molar-refractivity contribution in [1.82, 2.24) is 4.90 Å². The summed E-state index contributed by atoms with van der Waals surface area (Å²) in [6, 6.07) is 0. The summed E-state index contributed by atoms with van der Waals surface area (Å²) in [6.07, 6.45) is 0.140. The fourth-order valence-corrected chi connectivity index (χ4v) is 1.25. The van der Waals surface area contributed by atoms with E-state index in [0.29, 0.717) is 13.0 Å². The first-order valence-corrected chi connectivity index (χ1v) is 4.64. The summed E-state index contributed by atoms with van der Waals surface area (Å²) in [5.41, 5.74) is -1.43. The maximum atomic E-state index is 11.5. The van der Waals surface area contributed by atoms with Gasteiger partial charge in [-0.2, -0.15) is 0 Å². The molecule has 1 unspecified atom stereocenters. The molecule has 0 bridgehead atoms. The van der Waals surface area contributed by atoms with E-state index in [1.807, 2.05) is 0 Å². The second-order valence-electron chi connectivity index (χ2n) is 4.69. The van der Waals surface area contributed by atoms with E-state index in [2.05, 4.69) is 5.18 Å². The molecule has 0 aliphatic carbocycles. The molecular weight excluding hydrogens is 184 g/mol. The van der Waals surface area contributed by atoms with E-state index in [1.54, 1.807) is 27.7 Å². The molecule has 0 aromatic rings. The fraction of sp³-hybridized carbons (Fsp3) is 0.889. The van der Waals surface area contributed by atoms with Gasteiger partial charge >= 0.3 is 6.09 Å². The minimum absolute atomic E-state index is 0.467. The van der Waals surface area contributed by atoms with Crippen molar-refractivity contribution in [3.8, 4) is 0 Å². The van der Waals surface area contributed by atoms with Crippen molar-refractivity contribution in [3.63, 3.8) is 0 Å². The number of hydrogen-bond acceptors (Lipinski definition) is 4. The second-order valence-corrected chi connectivity index (χ2v) is 4.69. The van der Waals surface area contributed by atoms with Crippen LogP contribution in [0.5, 0.6) is 0 Å². The zero-order valence-electron chi connectivity index (χ0n) is 9.03. The van der Waals surface area contributed by atoms with E-state index in [9.17, 15) is 9.70 Å². The normalized spacial score (nSPS) is 26.7. The average Bonchev–Trinajstić information content (AvgIpc) is 1.97. The summed E-state index contributed by atoms with van der Waals surface area (Å²) in [5, 5.41) is 2.93. The Morgan fingerprint density at radius 1 is 1.50 bits per heavy atom. The number of amides is 1. The van der Waals surface area contributed by atoms with Crippen molar-refractivity contribution >= 4 is 6.09 Å². The number of likely N-dealkylation sites (tertiary alicyclic amines) is 1. The van der Waals surface area contributed by atoms with Crippen LogP contribution in [0.4, 0.5) is 4.79 Å². The van der Waals surface area contributed by atoms with Crippen LogP contribution < -0.4 is 0 Å². The minimum atomic E-state index is -0.900. The SMILES string of the molecule is CC(C)(C)OC(=O)N1CCC1(C)N=O. The van der Waals surface area contributed by atoms with Gasteiger partial charge in [0.2, 0.25) is 0 Å². The number of nitroso groups, excluding NO2 is 1. The predicted molar refractivity (Wildman–Crippen MR) is 51.8 cm³/mol. The van der Waals surface area contributed by atoms with Crippen molar-refractivity contribution in [3.05, 3.63) is 4.91 Å². The lowest BCUT2D eigenvalue weighted by molar-refractivity contribution is -0.0347. The van der Waals surface area contributed by atoms with Gasteiger partial charge in [-0.15, -0.1) is 4.91 Å². The van der Waals surface area contributed by atoms with Crippen LogP contribution >= 0.6 is 0 Å². The largest absolute Gasteiger partial charge is 0.444 e. The van der Waals surface area contributed by atoms with Crippen LogP contribution in [-0.2, 0) is 4.74 Å². The van der Waals surface area contributed by atoms with E-state index in [4.69, 9.17) is 4.74 Å². The van der Waals surface area contributed by atoms with Gasteiger partial charge in [0.25, 0.3) is 0 Å². The summed E-state index contributed by atoms with van der Waals surface area (Å²) in [7, 11) is 0. The molecule has 1 aliphatic heterocycles. The summed E-state index contributed by atoms with van der Waals surface area (Å²) in [6.45, 7) is 7.54. The van der Waals surface area contributed by atoms with Gasteiger partial charge in [0, 0.05) is 13.0 Å². The number of ether oxygens (including phenoxy) is 1. The Kier molecular flexibility index (Phi) is 2.52. The minimum Gasteiger partial charge on any atom is -0.444 e. The van der Waals surface area contributed by atoms with Gasteiger partial charge < -0.3 is 4.74 Å². The summed E-state index contributed by atoms with van der Waals surface area (Å²) < 4.78 is 5.13. The first-order chi connectivity index (χ1) is 6.28. The van der Waals surface area contributed by atoms with Crippen LogP contribution in [0.2, 0.25) is 0 Å². The van der Waals surface area contributed by atoms with Crippen molar-refractivity contribution in [2.45, 2.75) is 45.4 Å². The smallest absolute Gasteiger partial charge is 0.412 e. The molecule has 1 atom stereocenters. The van der Waals surface area contributed by atoms with Gasteiger partial charge in [0.15, 0.2) is 5.66 Å². The highest BCUT2D eigenvalue weighted by Gasteiger charge is 2.47. The number of rotatable bonds is 1. The van der Waals surface area contributed by atoms with Crippen molar-refractivity contribution in [2.75, 3.05) is 6.54 Å². The Labute approximate surface area is 83.4 Å². The maximum absolute atomic E-state index is 11.5. The molecule has 0 N–H and O–H groups in total. The first kappa shape index (κ1) is 10.9. The number of hydrogen-bond donors (Lipinski definition) is 0. The summed E-state index contributed by atoms with van der Waals surface area (Å²) in [5.74, 6) is 0. The lowest BCUT2D eigenvalue weighted by atomic mass is 9.99. The van der Waals surface area contributed by atoms with Crippen LogP contribution in [0, 0.1) is 4.91 Å². The molecule has 0 aromatic carbocycles. The fourth-order valence-electron chi connectivity index (χ4n) is 1.25. The number of carbonyl (C=O) groups is 1. The summed E-state index contributed by atoms with van der Waals surface area (Å²) >= 11 is 0. The Balaban J connectivity index is 2.59. The molecule has 0 radical (unpaired) electrons. The van der Waals surface area contributed by atoms with Gasteiger partial charge in [-0.1, -0.05) is 0 Å². The Bertz CT molecular complexity index is 259. The lowest BCUT2D eigenvalue weighted by Crippen LogP contribution is -2.59. The first-order valence-electron chi connectivity index (χ1n) is 4.64. The standard InChI is InChI=1S/C9H16N2O3/c1-8(2,3)14-7(12)11-6-5-9(11,4)10-13/h5-6H2,1-4H3. The molecule has 5 heteroatoms. The molecule has 0 spiro atoms. The van der Waals surface area contributed by atoms with Crippen LogP contribution in [0.15, 0.2) is 5.18 Å². The topological polar surface area (TPSA) is 59.0 Å². The van der Waals surface area contributed by atoms with E-state index >= 15 is 0 Å². The van der Waals surface area contributed by atoms with E-state index < -0.39 is 17.4 Å². The number of nitrogens with zero attached hydrogens (tertiary/aromatic N) is 2. The highest BCUT2D eigenvalue weighted by Crippen LogP contribution is 2.32. The van der Waals surface area contributed by atoms with Crippen LogP contribution in [0.1, 0.15) is 34.1 Å². The van der Waals surface area contributed by atoms with Crippen molar-refractivity contribution < 1.29 is 9.53 Å². The molecule has 1 amide bonds. The molecule has 1 aliphatic rings.